The van der Waals surface area contributed by atoms with E-state index in [1.165, 1.54) is 12.0 Å². The third-order valence-electron chi connectivity index (χ3n) is 3.26. The first-order valence-corrected chi connectivity index (χ1v) is 5.41. The summed E-state index contributed by atoms with van der Waals surface area (Å²) in [6.07, 6.45) is 5.42. The molecule has 1 aliphatic rings. The molecule has 1 aromatic rings. The molecule has 1 fully saturated rings. The summed E-state index contributed by atoms with van der Waals surface area (Å²) in [5.74, 6) is 0.614. The quantitative estimate of drug-likeness (QED) is 0.775. The Morgan fingerprint density at radius 3 is 2.93 bits per heavy atom. The lowest BCUT2D eigenvalue weighted by Gasteiger charge is -2.26. The van der Waals surface area contributed by atoms with Crippen molar-refractivity contribution >= 4 is 0 Å². The molecule has 0 saturated carbocycles. The smallest absolute Gasteiger partial charge is 0.0525 e. The van der Waals surface area contributed by atoms with E-state index < -0.39 is 0 Å². The Kier molecular flexibility index (Phi) is 2.35. The number of hydrogen-bond acceptors (Lipinski definition) is 2. The molecule has 1 aliphatic heterocycles. The van der Waals surface area contributed by atoms with Crippen LogP contribution < -0.4 is 5.32 Å². The molecule has 3 heteroatoms. The summed E-state index contributed by atoms with van der Waals surface area (Å²) in [6.45, 7) is 8.74. The predicted octanol–water partition coefficient (Wildman–Crippen LogP) is 1.76. The highest BCUT2D eigenvalue weighted by Gasteiger charge is 2.35. The van der Waals surface area contributed by atoms with Crippen LogP contribution in [-0.2, 0) is 6.54 Å². The largest absolute Gasteiger partial charge is 0.311 e. The van der Waals surface area contributed by atoms with Crippen LogP contribution in [0.5, 0.6) is 0 Å². The zero-order chi connectivity index (χ0) is 10.2. The summed E-state index contributed by atoms with van der Waals surface area (Å²) >= 11 is 0. The molecule has 0 aliphatic carbocycles. The molecule has 1 saturated heterocycles. The minimum atomic E-state index is 0.224. The van der Waals surface area contributed by atoms with E-state index in [4.69, 9.17) is 0 Å². The molecular weight excluding hydrogens is 174 g/mol. The summed E-state index contributed by atoms with van der Waals surface area (Å²) in [6, 6.07) is 0. The van der Waals surface area contributed by atoms with Crippen LogP contribution in [0.15, 0.2) is 12.4 Å². The van der Waals surface area contributed by atoms with Gasteiger partial charge >= 0.3 is 0 Å². The van der Waals surface area contributed by atoms with Gasteiger partial charge in [-0.2, -0.15) is 5.10 Å². The van der Waals surface area contributed by atoms with Crippen molar-refractivity contribution in [3.8, 4) is 0 Å². The monoisotopic (exact) mass is 193 g/mol. The number of hydrogen-bond donors (Lipinski definition) is 1. The maximum atomic E-state index is 4.33. The Labute approximate surface area is 85.5 Å². The maximum absolute atomic E-state index is 4.33. The average molecular weight is 193 g/mol. The van der Waals surface area contributed by atoms with Gasteiger partial charge < -0.3 is 5.32 Å². The topological polar surface area (TPSA) is 29.9 Å². The molecule has 1 atom stereocenters. The summed E-state index contributed by atoms with van der Waals surface area (Å²) in [7, 11) is 0. The first-order valence-electron chi connectivity index (χ1n) is 5.41. The van der Waals surface area contributed by atoms with E-state index in [-0.39, 0.29) is 5.54 Å². The molecule has 0 spiro atoms. The molecule has 78 valence electrons. The summed E-state index contributed by atoms with van der Waals surface area (Å²) in [5.41, 5.74) is 1.60. The molecule has 2 heterocycles. The molecule has 14 heavy (non-hydrogen) atoms. The Balaban J connectivity index is 2.22. The Hall–Kier alpha value is -0.830. The van der Waals surface area contributed by atoms with Gasteiger partial charge in [0.2, 0.25) is 0 Å². The van der Waals surface area contributed by atoms with Gasteiger partial charge in [-0.25, -0.2) is 0 Å². The van der Waals surface area contributed by atoms with Crippen molar-refractivity contribution in [2.75, 3.05) is 6.54 Å². The third-order valence-corrected chi connectivity index (χ3v) is 3.26. The number of aryl methyl sites for hydroxylation is 1. The predicted molar refractivity (Wildman–Crippen MR) is 57.3 cm³/mol. The third kappa shape index (κ3) is 1.57. The van der Waals surface area contributed by atoms with Crippen LogP contribution >= 0.6 is 0 Å². The lowest BCUT2D eigenvalue weighted by molar-refractivity contribution is 0.410. The molecule has 1 unspecified atom stereocenters. The van der Waals surface area contributed by atoms with E-state index in [1.54, 1.807) is 0 Å². The SMILES string of the molecule is CCn1cc(C2CCNC2(C)C)cn1. The second kappa shape index (κ2) is 3.39. The summed E-state index contributed by atoms with van der Waals surface area (Å²) < 4.78 is 2.00. The van der Waals surface area contributed by atoms with E-state index in [1.807, 2.05) is 10.9 Å². The van der Waals surface area contributed by atoms with Crippen molar-refractivity contribution < 1.29 is 0 Å². The van der Waals surface area contributed by atoms with Gasteiger partial charge in [-0.05, 0) is 39.3 Å². The summed E-state index contributed by atoms with van der Waals surface area (Å²) in [4.78, 5) is 0. The van der Waals surface area contributed by atoms with Crippen LogP contribution in [0.3, 0.4) is 0 Å². The molecule has 1 N–H and O–H groups in total. The molecule has 3 nitrogen and oxygen atoms in total. The van der Waals surface area contributed by atoms with Gasteiger partial charge in [-0.1, -0.05) is 0 Å². The van der Waals surface area contributed by atoms with Crippen molar-refractivity contribution in [1.82, 2.24) is 15.1 Å². The van der Waals surface area contributed by atoms with Gasteiger partial charge in [0, 0.05) is 24.2 Å². The van der Waals surface area contributed by atoms with Crippen LogP contribution in [0.25, 0.3) is 0 Å². The van der Waals surface area contributed by atoms with Crippen LogP contribution in [-0.4, -0.2) is 21.9 Å². The first kappa shape index (κ1) is 9.71. The van der Waals surface area contributed by atoms with Crippen molar-refractivity contribution in [3.05, 3.63) is 18.0 Å². The number of rotatable bonds is 2. The first-order chi connectivity index (χ1) is 6.63. The molecule has 0 amide bonds. The fourth-order valence-electron chi connectivity index (χ4n) is 2.34. The fourth-order valence-corrected chi connectivity index (χ4v) is 2.34. The molecule has 0 bridgehead atoms. The summed E-state index contributed by atoms with van der Waals surface area (Å²) in [5, 5.41) is 7.87. The van der Waals surface area contributed by atoms with Crippen molar-refractivity contribution in [3.63, 3.8) is 0 Å². The lowest BCUT2D eigenvalue weighted by atomic mass is 9.85. The van der Waals surface area contributed by atoms with Crippen LogP contribution in [0, 0.1) is 0 Å². The van der Waals surface area contributed by atoms with Crippen molar-refractivity contribution in [1.29, 1.82) is 0 Å². The molecular formula is C11H19N3. The van der Waals surface area contributed by atoms with Gasteiger partial charge in [0.05, 0.1) is 6.20 Å². The standard InChI is InChI=1S/C11H19N3/c1-4-14-8-9(7-13-14)10-5-6-12-11(10,2)3/h7-8,10,12H,4-6H2,1-3H3. The fraction of sp³-hybridized carbons (Fsp3) is 0.727. The van der Waals surface area contributed by atoms with E-state index in [2.05, 4.69) is 37.4 Å². The van der Waals surface area contributed by atoms with Gasteiger partial charge in [-0.3, -0.25) is 4.68 Å². The van der Waals surface area contributed by atoms with Crippen LogP contribution in [0.1, 0.15) is 38.7 Å². The second-order valence-electron chi connectivity index (χ2n) is 4.62. The van der Waals surface area contributed by atoms with Crippen LogP contribution in [0.4, 0.5) is 0 Å². The Morgan fingerprint density at radius 1 is 1.64 bits per heavy atom. The van der Waals surface area contributed by atoms with Gasteiger partial charge in [0.1, 0.15) is 0 Å². The normalized spacial score (nSPS) is 25.5. The highest BCUT2D eigenvalue weighted by Crippen LogP contribution is 2.34. The van der Waals surface area contributed by atoms with E-state index >= 15 is 0 Å². The van der Waals surface area contributed by atoms with E-state index in [9.17, 15) is 0 Å². The number of nitrogens with one attached hydrogen (secondary N) is 1. The molecule has 2 rings (SSSR count). The van der Waals surface area contributed by atoms with E-state index in [0.717, 1.165) is 13.1 Å². The zero-order valence-corrected chi connectivity index (χ0v) is 9.25. The number of aromatic nitrogens is 2. The minimum absolute atomic E-state index is 0.224. The van der Waals surface area contributed by atoms with Crippen molar-refractivity contribution in [2.45, 2.75) is 45.2 Å². The van der Waals surface area contributed by atoms with Crippen molar-refractivity contribution in [2.24, 2.45) is 0 Å². The molecule has 1 aromatic heterocycles. The average Bonchev–Trinajstić information content (AvgIpc) is 2.70. The van der Waals surface area contributed by atoms with Crippen LogP contribution in [0.2, 0.25) is 0 Å². The highest BCUT2D eigenvalue weighted by atomic mass is 15.3. The molecule has 0 radical (unpaired) electrons. The van der Waals surface area contributed by atoms with Gasteiger partial charge in [0.15, 0.2) is 0 Å². The lowest BCUT2D eigenvalue weighted by Crippen LogP contribution is -2.36. The van der Waals surface area contributed by atoms with Gasteiger partial charge in [-0.15, -0.1) is 0 Å². The van der Waals surface area contributed by atoms with E-state index in [0.29, 0.717) is 5.92 Å². The number of nitrogens with zero attached hydrogens (tertiary/aromatic N) is 2. The van der Waals surface area contributed by atoms with Gasteiger partial charge in [0.25, 0.3) is 0 Å². The Morgan fingerprint density at radius 2 is 2.43 bits per heavy atom. The minimum Gasteiger partial charge on any atom is -0.311 e. The maximum Gasteiger partial charge on any atom is 0.0525 e. The Bertz CT molecular complexity index is 314. The highest BCUT2D eigenvalue weighted by molar-refractivity contribution is 5.19. The molecule has 0 aromatic carbocycles. The zero-order valence-electron chi connectivity index (χ0n) is 9.25. The second-order valence-corrected chi connectivity index (χ2v) is 4.62.